The van der Waals surface area contributed by atoms with Gasteiger partial charge in [-0.25, -0.2) is 4.98 Å². The van der Waals surface area contributed by atoms with Crippen molar-refractivity contribution in [2.24, 2.45) is 0 Å². The summed E-state index contributed by atoms with van der Waals surface area (Å²) in [6.07, 6.45) is 3.36. The number of aromatic nitrogens is 4. The highest BCUT2D eigenvalue weighted by atomic mass is 16.5. The molecule has 0 unspecified atom stereocenters. The van der Waals surface area contributed by atoms with Crippen molar-refractivity contribution >= 4 is 23.3 Å². The summed E-state index contributed by atoms with van der Waals surface area (Å²) in [5, 5.41) is 0. The molecule has 3 rings (SSSR count). The van der Waals surface area contributed by atoms with E-state index in [-0.39, 0.29) is 6.01 Å². The predicted molar refractivity (Wildman–Crippen MR) is 86.5 cm³/mol. The van der Waals surface area contributed by atoms with E-state index < -0.39 is 0 Å². The summed E-state index contributed by atoms with van der Waals surface area (Å²) in [5.74, 6) is 0.302. The SMILES string of the molecule is CCCOc1nc(N)c2ncn(Cc3ccc(C=O)cc3)c2n1. The maximum Gasteiger partial charge on any atom is 0.320 e. The Balaban J connectivity index is 1.93. The van der Waals surface area contributed by atoms with Gasteiger partial charge in [-0.05, 0) is 12.0 Å². The Bertz CT molecular complexity index is 826. The fourth-order valence-electron chi connectivity index (χ4n) is 2.22. The van der Waals surface area contributed by atoms with Crippen molar-refractivity contribution in [1.82, 2.24) is 19.5 Å². The first kappa shape index (κ1) is 15.0. The van der Waals surface area contributed by atoms with Gasteiger partial charge in [-0.15, -0.1) is 0 Å². The first-order valence-electron chi connectivity index (χ1n) is 7.36. The average Bonchev–Trinajstić information content (AvgIpc) is 2.97. The number of benzene rings is 1. The maximum atomic E-state index is 10.7. The predicted octanol–water partition coefficient (Wildman–Crippen LogP) is 2.06. The van der Waals surface area contributed by atoms with Gasteiger partial charge in [-0.3, -0.25) is 4.79 Å². The number of hydrogen-bond donors (Lipinski definition) is 1. The Kier molecular flexibility index (Phi) is 4.18. The number of ether oxygens (including phenoxy) is 1. The van der Waals surface area contributed by atoms with Crippen molar-refractivity contribution in [2.45, 2.75) is 19.9 Å². The fraction of sp³-hybridized carbons (Fsp3) is 0.250. The third-order valence-corrected chi connectivity index (χ3v) is 3.37. The van der Waals surface area contributed by atoms with Crippen LogP contribution in [0.2, 0.25) is 0 Å². The van der Waals surface area contributed by atoms with Gasteiger partial charge in [-0.1, -0.05) is 31.2 Å². The second kappa shape index (κ2) is 6.43. The third kappa shape index (κ3) is 3.13. The molecule has 0 atom stereocenters. The molecule has 23 heavy (non-hydrogen) atoms. The summed E-state index contributed by atoms with van der Waals surface area (Å²) in [7, 11) is 0. The highest BCUT2D eigenvalue weighted by molar-refractivity contribution is 5.82. The van der Waals surface area contributed by atoms with Crippen LogP contribution in [0.15, 0.2) is 30.6 Å². The highest BCUT2D eigenvalue weighted by Gasteiger charge is 2.12. The number of nitrogens with zero attached hydrogens (tertiary/aromatic N) is 4. The van der Waals surface area contributed by atoms with E-state index in [1.807, 2.05) is 23.6 Å². The van der Waals surface area contributed by atoms with Crippen molar-refractivity contribution in [3.8, 4) is 6.01 Å². The Hall–Kier alpha value is -2.96. The van der Waals surface area contributed by atoms with Crippen LogP contribution in [0.3, 0.4) is 0 Å². The van der Waals surface area contributed by atoms with Gasteiger partial charge < -0.3 is 15.0 Å². The van der Waals surface area contributed by atoms with Crippen LogP contribution in [0.1, 0.15) is 29.3 Å². The molecule has 3 aromatic rings. The summed E-state index contributed by atoms with van der Waals surface area (Å²) in [4.78, 5) is 23.5. The van der Waals surface area contributed by atoms with Crippen molar-refractivity contribution in [2.75, 3.05) is 12.3 Å². The third-order valence-electron chi connectivity index (χ3n) is 3.37. The van der Waals surface area contributed by atoms with E-state index in [1.165, 1.54) is 0 Å². The summed E-state index contributed by atoms with van der Waals surface area (Å²) < 4.78 is 7.34. The number of hydrogen-bond acceptors (Lipinski definition) is 6. The van der Waals surface area contributed by atoms with Crippen LogP contribution in [0.5, 0.6) is 6.01 Å². The molecule has 0 radical (unpaired) electrons. The molecule has 0 fully saturated rings. The van der Waals surface area contributed by atoms with Crippen LogP contribution in [0, 0.1) is 0 Å². The minimum absolute atomic E-state index is 0.259. The van der Waals surface area contributed by atoms with E-state index in [4.69, 9.17) is 10.5 Å². The Morgan fingerprint density at radius 2 is 2.04 bits per heavy atom. The largest absolute Gasteiger partial charge is 0.463 e. The highest BCUT2D eigenvalue weighted by Crippen LogP contribution is 2.20. The van der Waals surface area contributed by atoms with E-state index in [9.17, 15) is 4.79 Å². The molecule has 0 spiro atoms. The lowest BCUT2D eigenvalue weighted by Gasteiger charge is -2.07. The summed E-state index contributed by atoms with van der Waals surface area (Å²) in [6, 6.07) is 7.61. The number of nitrogen functional groups attached to an aromatic ring is 1. The van der Waals surface area contributed by atoms with E-state index >= 15 is 0 Å². The van der Waals surface area contributed by atoms with Crippen molar-refractivity contribution in [3.05, 3.63) is 41.7 Å². The summed E-state index contributed by atoms with van der Waals surface area (Å²) in [5.41, 5.74) is 8.78. The second-order valence-corrected chi connectivity index (χ2v) is 5.14. The molecule has 0 aliphatic heterocycles. The van der Waals surface area contributed by atoms with Gasteiger partial charge in [0.25, 0.3) is 0 Å². The molecule has 0 aliphatic rings. The normalized spacial score (nSPS) is 10.8. The van der Waals surface area contributed by atoms with Crippen LogP contribution in [0.25, 0.3) is 11.2 Å². The molecule has 0 saturated carbocycles. The van der Waals surface area contributed by atoms with Crippen molar-refractivity contribution in [1.29, 1.82) is 0 Å². The summed E-state index contributed by atoms with van der Waals surface area (Å²) >= 11 is 0. The zero-order chi connectivity index (χ0) is 16.2. The van der Waals surface area contributed by atoms with Crippen LogP contribution in [-0.2, 0) is 6.54 Å². The molecular formula is C16H17N5O2. The Morgan fingerprint density at radius 3 is 2.74 bits per heavy atom. The van der Waals surface area contributed by atoms with Gasteiger partial charge in [0.15, 0.2) is 17.0 Å². The molecule has 2 N–H and O–H groups in total. The molecule has 0 saturated heterocycles. The van der Waals surface area contributed by atoms with Gasteiger partial charge in [-0.2, -0.15) is 9.97 Å². The molecule has 0 bridgehead atoms. The standard InChI is InChI=1S/C16H17N5O2/c1-2-7-23-16-19-14(17)13-15(20-16)21(10-18-13)8-11-3-5-12(9-22)6-4-11/h3-6,9-10H,2,7-8H2,1H3,(H2,17,19,20). The van der Waals surface area contributed by atoms with Gasteiger partial charge in [0, 0.05) is 5.56 Å². The number of carbonyl (C=O) groups is 1. The Labute approximate surface area is 133 Å². The van der Waals surface area contributed by atoms with Gasteiger partial charge in [0.1, 0.15) is 6.29 Å². The molecule has 1 aromatic carbocycles. The number of nitrogens with two attached hydrogens (primary N) is 1. The van der Waals surface area contributed by atoms with Crippen LogP contribution in [0.4, 0.5) is 5.82 Å². The van der Waals surface area contributed by atoms with Crippen LogP contribution < -0.4 is 10.5 Å². The Morgan fingerprint density at radius 1 is 1.26 bits per heavy atom. The van der Waals surface area contributed by atoms with E-state index in [1.54, 1.807) is 18.5 Å². The number of imidazole rings is 1. The maximum absolute atomic E-state index is 10.7. The number of rotatable bonds is 6. The molecule has 2 heterocycles. The topological polar surface area (TPSA) is 95.9 Å². The van der Waals surface area contributed by atoms with E-state index in [0.717, 1.165) is 18.3 Å². The molecule has 0 aliphatic carbocycles. The van der Waals surface area contributed by atoms with Gasteiger partial charge >= 0.3 is 6.01 Å². The number of fused-ring (bicyclic) bond motifs is 1. The summed E-state index contributed by atoms with van der Waals surface area (Å²) in [6.45, 7) is 3.11. The minimum Gasteiger partial charge on any atom is -0.463 e. The van der Waals surface area contributed by atoms with Crippen molar-refractivity contribution in [3.63, 3.8) is 0 Å². The lowest BCUT2D eigenvalue weighted by molar-refractivity contribution is 0.112. The average molecular weight is 311 g/mol. The number of anilines is 1. The molecule has 118 valence electrons. The van der Waals surface area contributed by atoms with Gasteiger partial charge in [0.2, 0.25) is 0 Å². The molecule has 7 nitrogen and oxygen atoms in total. The molecular weight excluding hydrogens is 294 g/mol. The number of aldehydes is 1. The molecule has 2 aromatic heterocycles. The van der Waals surface area contributed by atoms with Crippen LogP contribution >= 0.6 is 0 Å². The molecule has 0 amide bonds. The fourth-order valence-corrected chi connectivity index (χ4v) is 2.22. The van der Waals surface area contributed by atoms with E-state index in [0.29, 0.717) is 35.7 Å². The van der Waals surface area contributed by atoms with Crippen molar-refractivity contribution < 1.29 is 9.53 Å². The first-order chi connectivity index (χ1) is 11.2. The second-order valence-electron chi connectivity index (χ2n) is 5.14. The monoisotopic (exact) mass is 311 g/mol. The zero-order valence-electron chi connectivity index (χ0n) is 12.8. The quantitative estimate of drug-likeness (QED) is 0.700. The van der Waals surface area contributed by atoms with Gasteiger partial charge in [0.05, 0.1) is 19.5 Å². The lowest BCUT2D eigenvalue weighted by atomic mass is 10.1. The minimum atomic E-state index is 0.259. The number of carbonyl (C=O) groups excluding carboxylic acids is 1. The first-order valence-corrected chi connectivity index (χ1v) is 7.36. The smallest absolute Gasteiger partial charge is 0.320 e. The zero-order valence-corrected chi connectivity index (χ0v) is 12.8. The lowest BCUT2D eigenvalue weighted by Crippen LogP contribution is -2.05. The van der Waals surface area contributed by atoms with E-state index in [2.05, 4.69) is 15.0 Å². The molecule has 7 heteroatoms. The van der Waals surface area contributed by atoms with Crippen LogP contribution in [-0.4, -0.2) is 32.4 Å².